The van der Waals surface area contributed by atoms with Crippen LogP contribution in [0.25, 0.3) is 0 Å². The van der Waals surface area contributed by atoms with E-state index in [2.05, 4.69) is 10.3 Å². The van der Waals surface area contributed by atoms with Gasteiger partial charge in [0, 0.05) is 19.3 Å². The first kappa shape index (κ1) is 10.4. The van der Waals surface area contributed by atoms with Gasteiger partial charge >= 0.3 is 0 Å². The number of hydrogen-bond donors (Lipinski definition) is 2. The minimum Gasteiger partial charge on any atom is -0.505 e. The Bertz CT molecular complexity index is 433. The number of hydrogen-bond acceptors (Lipinski definition) is 4. The van der Waals surface area contributed by atoms with E-state index >= 15 is 0 Å². The van der Waals surface area contributed by atoms with Crippen LogP contribution in [0.5, 0.6) is 5.75 Å². The molecule has 2 rings (SSSR count). The summed E-state index contributed by atoms with van der Waals surface area (Å²) in [5.41, 5.74) is 0.171. The molecule has 2 N–H and O–H groups in total. The fourth-order valence-corrected chi connectivity index (χ4v) is 1.55. The molecule has 2 heterocycles. The molecule has 0 bridgehead atoms. The zero-order chi connectivity index (χ0) is 11.5. The summed E-state index contributed by atoms with van der Waals surface area (Å²) in [5, 5.41) is 12.1. The fraction of sp³-hybridized carbons (Fsp3) is 0.300. The van der Waals surface area contributed by atoms with Crippen molar-refractivity contribution >= 4 is 11.8 Å². The van der Waals surface area contributed by atoms with Gasteiger partial charge in [-0.3, -0.25) is 14.6 Å². The largest absolute Gasteiger partial charge is 0.505 e. The maximum atomic E-state index is 11.9. The van der Waals surface area contributed by atoms with E-state index in [1.54, 1.807) is 0 Å². The summed E-state index contributed by atoms with van der Waals surface area (Å²) >= 11 is 0. The molecular weight excluding hydrogens is 210 g/mol. The third-order valence-corrected chi connectivity index (χ3v) is 2.36. The molecule has 0 radical (unpaired) electrons. The molecule has 2 amide bonds. The van der Waals surface area contributed by atoms with Gasteiger partial charge in [-0.1, -0.05) is 0 Å². The zero-order valence-corrected chi connectivity index (χ0v) is 8.51. The normalized spacial score (nSPS) is 15.8. The highest BCUT2D eigenvalue weighted by molar-refractivity contribution is 5.98. The van der Waals surface area contributed by atoms with E-state index in [4.69, 9.17) is 0 Å². The molecule has 1 aliphatic heterocycles. The number of carbonyl (C=O) groups excluding carboxylic acids is 2. The molecule has 0 spiro atoms. The van der Waals surface area contributed by atoms with E-state index in [-0.39, 0.29) is 29.7 Å². The van der Waals surface area contributed by atoms with Crippen LogP contribution in [-0.2, 0) is 4.79 Å². The van der Waals surface area contributed by atoms with E-state index < -0.39 is 0 Å². The zero-order valence-electron chi connectivity index (χ0n) is 8.51. The average Bonchev–Trinajstić information content (AvgIpc) is 2.29. The van der Waals surface area contributed by atoms with Crippen molar-refractivity contribution in [2.45, 2.75) is 0 Å². The number of rotatable bonds is 1. The molecule has 1 saturated heterocycles. The van der Waals surface area contributed by atoms with Gasteiger partial charge in [-0.05, 0) is 6.07 Å². The van der Waals surface area contributed by atoms with Crippen LogP contribution in [0, 0.1) is 0 Å². The molecule has 1 aromatic heterocycles. The third-order valence-electron chi connectivity index (χ3n) is 2.36. The summed E-state index contributed by atoms with van der Waals surface area (Å²) in [6, 6.07) is 1.43. The number of aromatic hydroxyl groups is 1. The molecular formula is C10H11N3O3. The standard InChI is InChI=1S/C10H11N3O3/c14-8-5-11-2-1-7(8)10(16)13-4-3-12-9(15)6-13/h1-2,5,14H,3-4,6H2,(H,12,15). The van der Waals surface area contributed by atoms with Crippen LogP contribution in [0.4, 0.5) is 0 Å². The minimum absolute atomic E-state index is 0.0284. The van der Waals surface area contributed by atoms with Crippen molar-refractivity contribution < 1.29 is 14.7 Å². The second-order valence-corrected chi connectivity index (χ2v) is 3.47. The molecule has 16 heavy (non-hydrogen) atoms. The summed E-state index contributed by atoms with van der Waals surface area (Å²) in [4.78, 5) is 28.1. The van der Waals surface area contributed by atoms with Crippen LogP contribution < -0.4 is 5.32 Å². The first-order valence-corrected chi connectivity index (χ1v) is 4.87. The number of aromatic nitrogens is 1. The van der Waals surface area contributed by atoms with E-state index in [0.717, 1.165) is 0 Å². The topological polar surface area (TPSA) is 82.5 Å². The molecule has 6 heteroatoms. The quantitative estimate of drug-likeness (QED) is 0.660. The van der Waals surface area contributed by atoms with Gasteiger partial charge in [-0.2, -0.15) is 0 Å². The first-order chi connectivity index (χ1) is 7.68. The maximum absolute atomic E-state index is 11.9. The Morgan fingerprint density at radius 2 is 2.38 bits per heavy atom. The van der Waals surface area contributed by atoms with Crippen LogP contribution in [0.1, 0.15) is 10.4 Å². The second-order valence-electron chi connectivity index (χ2n) is 3.47. The van der Waals surface area contributed by atoms with Gasteiger partial charge in [-0.25, -0.2) is 0 Å². The summed E-state index contributed by atoms with van der Waals surface area (Å²) in [5.74, 6) is -0.707. The van der Waals surface area contributed by atoms with Gasteiger partial charge in [0.2, 0.25) is 5.91 Å². The van der Waals surface area contributed by atoms with Crippen molar-refractivity contribution in [3.63, 3.8) is 0 Å². The van der Waals surface area contributed by atoms with Crippen LogP contribution in [0.3, 0.4) is 0 Å². The first-order valence-electron chi connectivity index (χ1n) is 4.87. The molecule has 0 saturated carbocycles. The lowest BCUT2D eigenvalue weighted by atomic mass is 10.2. The predicted octanol–water partition coefficient (Wildman–Crippen LogP) is -0.641. The minimum atomic E-state index is -0.352. The van der Waals surface area contributed by atoms with Crippen molar-refractivity contribution in [3.05, 3.63) is 24.0 Å². The molecule has 84 valence electrons. The van der Waals surface area contributed by atoms with Gasteiger partial charge in [0.15, 0.2) is 0 Å². The van der Waals surface area contributed by atoms with Crippen molar-refractivity contribution in [3.8, 4) is 5.75 Å². The second kappa shape index (κ2) is 4.18. The van der Waals surface area contributed by atoms with Crippen molar-refractivity contribution in [2.75, 3.05) is 19.6 Å². The van der Waals surface area contributed by atoms with E-state index in [1.807, 2.05) is 0 Å². The molecule has 1 fully saturated rings. The Hall–Kier alpha value is -2.11. The number of carbonyl (C=O) groups is 2. The summed E-state index contributed by atoms with van der Waals surface area (Å²) in [6.07, 6.45) is 2.63. The highest BCUT2D eigenvalue weighted by Gasteiger charge is 2.23. The van der Waals surface area contributed by atoms with E-state index in [9.17, 15) is 14.7 Å². The monoisotopic (exact) mass is 221 g/mol. The van der Waals surface area contributed by atoms with Gasteiger partial charge in [-0.15, -0.1) is 0 Å². The maximum Gasteiger partial charge on any atom is 0.258 e. The average molecular weight is 221 g/mol. The smallest absolute Gasteiger partial charge is 0.258 e. The SMILES string of the molecule is O=C1CN(C(=O)c2ccncc2O)CCN1. The van der Waals surface area contributed by atoms with Crippen molar-refractivity contribution in [1.29, 1.82) is 0 Å². The number of amides is 2. The van der Waals surface area contributed by atoms with Crippen molar-refractivity contribution in [2.24, 2.45) is 0 Å². The highest BCUT2D eigenvalue weighted by atomic mass is 16.3. The Morgan fingerprint density at radius 3 is 3.06 bits per heavy atom. The summed E-state index contributed by atoms with van der Waals surface area (Å²) < 4.78 is 0. The number of pyridine rings is 1. The molecule has 0 unspecified atom stereocenters. The molecule has 1 aliphatic rings. The fourth-order valence-electron chi connectivity index (χ4n) is 1.55. The van der Waals surface area contributed by atoms with Crippen LogP contribution in [0.2, 0.25) is 0 Å². The number of nitrogens with one attached hydrogen (secondary N) is 1. The lowest BCUT2D eigenvalue weighted by molar-refractivity contribution is -0.123. The van der Waals surface area contributed by atoms with Crippen LogP contribution in [0.15, 0.2) is 18.5 Å². The Kier molecular flexibility index (Phi) is 2.72. The Labute approximate surface area is 91.9 Å². The molecule has 0 aromatic carbocycles. The lowest BCUT2D eigenvalue weighted by Crippen LogP contribution is -2.49. The highest BCUT2D eigenvalue weighted by Crippen LogP contribution is 2.16. The summed E-state index contributed by atoms with van der Waals surface area (Å²) in [7, 11) is 0. The molecule has 0 atom stereocenters. The number of piperazine rings is 1. The summed E-state index contributed by atoms with van der Waals surface area (Å²) in [6.45, 7) is 0.920. The predicted molar refractivity (Wildman–Crippen MR) is 54.8 cm³/mol. The molecule has 6 nitrogen and oxygen atoms in total. The molecule has 0 aliphatic carbocycles. The third kappa shape index (κ3) is 1.95. The Morgan fingerprint density at radius 1 is 1.56 bits per heavy atom. The van der Waals surface area contributed by atoms with Gasteiger partial charge in [0.05, 0.1) is 18.3 Å². The van der Waals surface area contributed by atoms with Crippen LogP contribution >= 0.6 is 0 Å². The lowest BCUT2D eigenvalue weighted by Gasteiger charge is -2.26. The van der Waals surface area contributed by atoms with E-state index in [1.165, 1.54) is 23.4 Å². The van der Waals surface area contributed by atoms with Crippen molar-refractivity contribution in [1.82, 2.24) is 15.2 Å². The van der Waals surface area contributed by atoms with Gasteiger partial charge in [0.25, 0.3) is 5.91 Å². The number of nitrogens with zero attached hydrogens (tertiary/aromatic N) is 2. The Balaban J connectivity index is 2.19. The van der Waals surface area contributed by atoms with Crippen LogP contribution in [-0.4, -0.2) is 46.4 Å². The van der Waals surface area contributed by atoms with E-state index in [0.29, 0.717) is 13.1 Å². The van der Waals surface area contributed by atoms with Gasteiger partial charge in [0.1, 0.15) is 5.75 Å². The van der Waals surface area contributed by atoms with Gasteiger partial charge < -0.3 is 15.3 Å². The molecule has 1 aromatic rings.